The maximum atomic E-state index is 10.7. The fraction of sp³-hybridized carbons (Fsp3) is 0.958. The number of rotatable bonds is 21. The summed E-state index contributed by atoms with van der Waals surface area (Å²) in [4.78, 5) is 10.7. The van der Waals surface area contributed by atoms with Gasteiger partial charge in [0, 0.05) is 0 Å². The Labute approximate surface area is 169 Å². The molecule has 0 aliphatic rings. The van der Waals surface area contributed by atoms with E-state index in [1.54, 1.807) is 0 Å². The van der Waals surface area contributed by atoms with Gasteiger partial charge in [-0.15, -0.1) is 0 Å². The van der Waals surface area contributed by atoms with E-state index in [4.69, 9.17) is 9.84 Å². The van der Waals surface area contributed by atoms with Gasteiger partial charge in [-0.25, -0.2) is 4.79 Å². The zero-order valence-electron chi connectivity index (χ0n) is 18.5. The van der Waals surface area contributed by atoms with Crippen LogP contribution in [0.1, 0.15) is 142 Å². The van der Waals surface area contributed by atoms with Gasteiger partial charge in [0.05, 0.1) is 0 Å². The Morgan fingerprint density at radius 2 is 0.926 bits per heavy atom. The molecule has 0 aliphatic heterocycles. The maximum absolute atomic E-state index is 10.7. The molecule has 27 heavy (non-hydrogen) atoms. The average molecular weight is 385 g/mol. The lowest BCUT2D eigenvalue weighted by Crippen LogP contribution is -2.16. The van der Waals surface area contributed by atoms with Crippen LogP contribution in [0.25, 0.3) is 0 Å². The van der Waals surface area contributed by atoms with Crippen LogP contribution in [0.4, 0.5) is 4.79 Å². The first-order valence-corrected chi connectivity index (χ1v) is 12.1. The van der Waals surface area contributed by atoms with Crippen molar-refractivity contribution in [3.63, 3.8) is 0 Å². The molecule has 0 aromatic heterocycles. The molecule has 1 unspecified atom stereocenters. The van der Waals surface area contributed by atoms with E-state index < -0.39 is 6.16 Å². The Morgan fingerprint density at radius 1 is 0.593 bits per heavy atom. The minimum absolute atomic E-state index is 0.0888. The Hall–Kier alpha value is -0.730. The zero-order valence-corrected chi connectivity index (χ0v) is 18.5. The molecule has 3 heteroatoms. The molecule has 0 aromatic rings. The molecule has 162 valence electrons. The number of unbranched alkanes of at least 4 members (excludes halogenated alkanes) is 16. The largest absolute Gasteiger partial charge is 0.506 e. The minimum Gasteiger partial charge on any atom is -0.450 e. The lowest BCUT2D eigenvalue weighted by Gasteiger charge is -2.15. The van der Waals surface area contributed by atoms with Crippen LogP contribution in [-0.2, 0) is 4.74 Å². The van der Waals surface area contributed by atoms with E-state index in [2.05, 4.69) is 13.8 Å². The molecular formula is C24H48O3. The minimum atomic E-state index is -1.12. The lowest BCUT2D eigenvalue weighted by atomic mass is 10.0. The van der Waals surface area contributed by atoms with Gasteiger partial charge in [-0.1, -0.05) is 123 Å². The number of hydrogen-bond acceptors (Lipinski definition) is 2. The summed E-state index contributed by atoms with van der Waals surface area (Å²) in [5.74, 6) is 0. The molecule has 0 fully saturated rings. The van der Waals surface area contributed by atoms with Crippen molar-refractivity contribution in [3.8, 4) is 0 Å². The van der Waals surface area contributed by atoms with Crippen LogP contribution in [0.3, 0.4) is 0 Å². The summed E-state index contributed by atoms with van der Waals surface area (Å²) < 4.78 is 4.99. The highest BCUT2D eigenvalue weighted by Crippen LogP contribution is 2.16. The van der Waals surface area contributed by atoms with E-state index in [-0.39, 0.29) is 6.10 Å². The number of carboxylic acid groups (broad SMARTS) is 1. The van der Waals surface area contributed by atoms with Crippen molar-refractivity contribution < 1.29 is 14.6 Å². The molecular weight excluding hydrogens is 336 g/mol. The molecule has 3 nitrogen and oxygen atoms in total. The molecule has 1 atom stereocenters. The van der Waals surface area contributed by atoms with Crippen molar-refractivity contribution >= 4 is 6.16 Å². The van der Waals surface area contributed by atoms with Crippen molar-refractivity contribution in [2.24, 2.45) is 0 Å². The fourth-order valence-electron chi connectivity index (χ4n) is 3.76. The van der Waals surface area contributed by atoms with Crippen molar-refractivity contribution in [2.75, 3.05) is 0 Å². The van der Waals surface area contributed by atoms with Gasteiger partial charge >= 0.3 is 6.16 Å². The summed E-state index contributed by atoms with van der Waals surface area (Å²) in [7, 11) is 0. The second-order valence-electron chi connectivity index (χ2n) is 8.24. The molecule has 0 saturated heterocycles. The van der Waals surface area contributed by atoms with Crippen LogP contribution in [0.5, 0.6) is 0 Å². The highest BCUT2D eigenvalue weighted by molar-refractivity contribution is 5.57. The summed E-state index contributed by atoms with van der Waals surface area (Å²) in [6.45, 7) is 4.41. The highest BCUT2D eigenvalue weighted by atomic mass is 16.7. The molecule has 0 radical (unpaired) electrons. The van der Waals surface area contributed by atoms with E-state index in [0.29, 0.717) is 0 Å². The van der Waals surface area contributed by atoms with Gasteiger partial charge in [0.15, 0.2) is 0 Å². The fourth-order valence-corrected chi connectivity index (χ4v) is 3.76. The molecule has 0 amide bonds. The topological polar surface area (TPSA) is 46.5 Å². The van der Waals surface area contributed by atoms with Crippen molar-refractivity contribution in [1.29, 1.82) is 0 Å². The third-order valence-electron chi connectivity index (χ3n) is 5.53. The Kier molecular flexibility index (Phi) is 21.0. The summed E-state index contributed by atoms with van der Waals surface area (Å²) in [6.07, 6.45) is 24.6. The van der Waals surface area contributed by atoms with E-state index in [9.17, 15) is 4.79 Å². The molecule has 0 bridgehead atoms. The summed E-state index contributed by atoms with van der Waals surface area (Å²) in [5, 5.41) is 8.80. The summed E-state index contributed by atoms with van der Waals surface area (Å²) in [6, 6.07) is 0. The molecule has 0 spiro atoms. The van der Waals surface area contributed by atoms with E-state index in [1.165, 1.54) is 96.3 Å². The Bertz CT molecular complexity index is 304. The number of ether oxygens (including phenoxy) is 1. The smallest absolute Gasteiger partial charge is 0.450 e. The highest BCUT2D eigenvalue weighted by Gasteiger charge is 2.12. The molecule has 0 aliphatic carbocycles. The second-order valence-corrected chi connectivity index (χ2v) is 8.24. The van der Waals surface area contributed by atoms with Gasteiger partial charge in [0.25, 0.3) is 0 Å². The standard InChI is InChI=1S/C24H48O3/c1-3-5-7-8-9-10-11-12-13-14-15-16-17-18-19-20-22-23(21-6-4-2)27-24(25)26/h23H,3-22H2,1-2H3,(H,25,26). The zero-order chi connectivity index (χ0) is 20.0. The van der Waals surface area contributed by atoms with Crippen LogP contribution in [-0.4, -0.2) is 17.4 Å². The van der Waals surface area contributed by atoms with Gasteiger partial charge in [0.1, 0.15) is 6.10 Å². The second kappa shape index (κ2) is 21.6. The van der Waals surface area contributed by atoms with Gasteiger partial charge in [-0.3, -0.25) is 0 Å². The normalized spacial score (nSPS) is 12.2. The first kappa shape index (κ1) is 26.3. The monoisotopic (exact) mass is 384 g/mol. The third kappa shape index (κ3) is 21.4. The SMILES string of the molecule is CCCCCCCCCCCCCCCCCCC(CCCC)OC(=O)O. The summed E-state index contributed by atoms with van der Waals surface area (Å²) in [5.41, 5.74) is 0. The van der Waals surface area contributed by atoms with Crippen LogP contribution < -0.4 is 0 Å². The molecule has 0 aromatic carbocycles. The lowest BCUT2D eigenvalue weighted by molar-refractivity contribution is 0.0424. The van der Waals surface area contributed by atoms with Gasteiger partial charge < -0.3 is 9.84 Å². The van der Waals surface area contributed by atoms with E-state index >= 15 is 0 Å². The quantitative estimate of drug-likeness (QED) is 0.159. The van der Waals surface area contributed by atoms with Crippen LogP contribution in [0.15, 0.2) is 0 Å². The van der Waals surface area contributed by atoms with E-state index in [0.717, 1.165) is 32.1 Å². The predicted molar refractivity (Wildman–Crippen MR) is 117 cm³/mol. The average Bonchev–Trinajstić information content (AvgIpc) is 2.65. The number of hydrogen-bond donors (Lipinski definition) is 1. The van der Waals surface area contributed by atoms with Gasteiger partial charge in [0.2, 0.25) is 0 Å². The van der Waals surface area contributed by atoms with Gasteiger partial charge in [-0.2, -0.15) is 0 Å². The summed E-state index contributed by atoms with van der Waals surface area (Å²) >= 11 is 0. The van der Waals surface area contributed by atoms with Crippen LogP contribution in [0.2, 0.25) is 0 Å². The third-order valence-corrected chi connectivity index (χ3v) is 5.53. The molecule has 0 saturated carbocycles. The molecule has 0 heterocycles. The van der Waals surface area contributed by atoms with Crippen LogP contribution in [0, 0.1) is 0 Å². The Balaban J connectivity index is 3.28. The Morgan fingerprint density at radius 3 is 1.30 bits per heavy atom. The van der Waals surface area contributed by atoms with Crippen LogP contribution >= 0.6 is 0 Å². The van der Waals surface area contributed by atoms with E-state index in [1.807, 2.05) is 0 Å². The van der Waals surface area contributed by atoms with Crippen molar-refractivity contribution in [2.45, 2.75) is 148 Å². The molecule has 1 N–H and O–H groups in total. The molecule has 0 rings (SSSR count). The predicted octanol–water partition coefficient (Wildman–Crippen LogP) is 8.89. The maximum Gasteiger partial charge on any atom is 0.506 e. The first-order chi connectivity index (χ1) is 13.2. The number of carbonyl (C=O) groups is 1. The van der Waals surface area contributed by atoms with Gasteiger partial charge in [-0.05, 0) is 19.3 Å². The first-order valence-electron chi connectivity index (χ1n) is 12.1. The van der Waals surface area contributed by atoms with Crippen molar-refractivity contribution in [3.05, 3.63) is 0 Å². The van der Waals surface area contributed by atoms with Crippen molar-refractivity contribution in [1.82, 2.24) is 0 Å².